The van der Waals surface area contributed by atoms with Gasteiger partial charge in [0.25, 0.3) is 0 Å². The molecule has 76 valence electrons. The van der Waals surface area contributed by atoms with E-state index in [1.807, 2.05) is 48.9 Å². The summed E-state index contributed by atoms with van der Waals surface area (Å²) in [6.07, 6.45) is 0. The molecule has 0 bridgehead atoms. The first kappa shape index (κ1) is 10.1. The van der Waals surface area contributed by atoms with Crippen molar-refractivity contribution in [1.82, 2.24) is 0 Å². The SMILES string of the molecule is Cc1ccc(C(=O)c2ccsc2)c(C)c1. The third-order valence-electron chi connectivity index (χ3n) is 2.41. The number of thiophene rings is 1. The zero-order chi connectivity index (χ0) is 10.8. The second-order valence-corrected chi connectivity index (χ2v) is 4.44. The normalized spacial score (nSPS) is 10.3. The molecule has 1 nitrogen and oxygen atoms in total. The topological polar surface area (TPSA) is 17.1 Å². The molecular formula is C13H12OS. The van der Waals surface area contributed by atoms with Gasteiger partial charge < -0.3 is 0 Å². The molecule has 15 heavy (non-hydrogen) atoms. The zero-order valence-corrected chi connectivity index (χ0v) is 9.60. The van der Waals surface area contributed by atoms with Crippen LogP contribution >= 0.6 is 11.3 Å². The van der Waals surface area contributed by atoms with Gasteiger partial charge in [0.2, 0.25) is 0 Å². The molecule has 0 aliphatic carbocycles. The Kier molecular flexibility index (Phi) is 2.69. The monoisotopic (exact) mass is 216 g/mol. The summed E-state index contributed by atoms with van der Waals surface area (Å²) >= 11 is 1.55. The van der Waals surface area contributed by atoms with Gasteiger partial charge in [-0.3, -0.25) is 4.79 Å². The average molecular weight is 216 g/mol. The van der Waals surface area contributed by atoms with Crippen LogP contribution in [0.25, 0.3) is 0 Å². The van der Waals surface area contributed by atoms with Gasteiger partial charge in [0, 0.05) is 16.5 Å². The zero-order valence-electron chi connectivity index (χ0n) is 8.78. The van der Waals surface area contributed by atoms with Gasteiger partial charge in [-0.1, -0.05) is 23.8 Å². The van der Waals surface area contributed by atoms with Crippen molar-refractivity contribution in [1.29, 1.82) is 0 Å². The van der Waals surface area contributed by atoms with Crippen LogP contribution in [-0.4, -0.2) is 5.78 Å². The van der Waals surface area contributed by atoms with E-state index in [0.29, 0.717) is 0 Å². The van der Waals surface area contributed by atoms with Crippen molar-refractivity contribution >= 4 is 17.1 Å². The molecule has 0 aliphatic rings. The van der Waals surface area contributed by atoms with Gasteiger partial charge in [-0.25, -0.2) is 0 Å². The van der Waals surface area contributed by atoms with Crippen molar-refractivity contribution in [2.75, 3.05) is 0 Å². The molecule has 1 aromatic carbocycles. The molecule has 2 aromatic rings. The van der Waals surface area contributed by atoms with Gasteiger partial charge in [-0.2, -0.15) is 11.3 Å². The predicted octanol–water partition coefficient (Wildman–Crippen LogP) is 3.60. The van der Waals surface area contributed by atoms with Gasteiger partial charge in [-0.15, -0.1) is 0 Å². The van der Waals surface area contributed by atoms with Crippen LogP contribution in [0.15, 0.2) is 35.0 Å². The maximum absolute atomic E-state index is 12.0. The van der Waals surface area contributed by atoms with Crippen molar-refractivity contribution in [3.05, 3.63) is 57.3 Å². The van der Waals surface area contributed by atoms with E-state index in [1.165, 1.54) is 5.56 Å². The lowest BCUT2D eigenvalue weighted by Crippen LogP contribution is -2.02. The van der Waals surface area contributed by atoms with E-state index >= 15 is 0 Å². The molecule has 1 aromatic heterocycles. The second-order valence-electron chi connectivity index (χ2n) is 3.66. The summed E-state index contributed by atoms with van der Waals surface area (Å²) in [6.45, 7) is 4.01. The van der Waals surface area contributed by atoms with E-state index in [0.717, 1.165) is 16.7 Å². The Morgan fingerprint density at radius 1 is 1.20 bits per heavy atom. The molecule has 0 fully saturated rings. The Balaban J connectivity index is 2.42. The van der Waals surface area contributed by atoms with Crippen LogP contribution in [0.2, 0.25) is 0 Å². The van der Waals surface area contributed by atoms with E-state index in [4.69, 9.17) is 0 Å². The Labute approximate surface area is 93.4 Å². The van der Waals surface area contributed by atoms with Crippen molar-refractivity contribution in [2.24, 2.45) is 0 Å². The first-order valence-corrected chi connectivity index (χ1v) is 5.77. The van der Waals surface area contributed by atoms with E-state index in [9.17, 15) is 4.79 Å². The number of carbonyl (C=O) groups excluding carboxylic acids is 1. The average Bonchev–Trinajstić information content (AvgIpc) is 2.69. The van der Waals surface area contributed by atoms with Crippen LogP contribution in [0.4, 0.5) is 0 Å². The third-order valence-corrected chi connectivity index (χ3v) is 3.09. The van der Waals surface area contributed by atoms with Crippen molar-refractivity contribution in [2.45, 2.75) is 13.8 Å². The van der Waals surface area contributed by atoms with Crippen LogP contribution in [-0.2, 0) is 0 Å². The van der Waals surface area contributed by atoms with E-state index in [1.54, 1.807) is 11.3 Å². The molecule has 0 saturated carbocycles. The minimum atomic E-state index is 0.119. The number of hydrogen-bond acceptors (Lipinski definition) is 2. The number of carbonyl (C=O) groups is 1. The molecule has 0 N–H and O–H groups in total. The fraction of sp³-hybridized carbons (Fsp3) is 0.154. The molecule has 2 rings (SSSR count). The van der Waals surface area contributed by atoms with E-state index in [-0.39, 0.29) is 5.78 Å². The minimum absolute atomic E-state index is 0.119. The summed E-state index contributed by atoms with van der Waals surface area (Å²) < 4.78 is 0. The molecule has 0 aliphatic heterocycles. The fourth-order valence-electron chi connectivity index (χ4n) is 1.62. The molecular weight excluding hydrogens is 204 g/mol. The first-order valence-electron chi connectivity index (χ1n) is 4.82. The molecule has 1 heterocycles. The first-order chi connectivity index (χ1) is 7.18. The fourth-order valence-corrected chi connectivity index (χ4v) is 2.25. The molecule has 2 heteroatoms. The summed E-state index contributed by atoms with van der Waals surface area (Å²) in [5, 5.41) is 3.82. The highest BCUT2D eigenvalue weighted by atomic mass is 32.1. The maximum Gasteiger partial charge on any atom is 0.194 e. The van der Waals surface area contributed by atoms with Crippen LogP contribution in [0.1, 0.15) is 27.0 Å². The van der Waals surface area contributed by atoms with Crippen LogP contribution in [0.3, 0.4) is 0 Å². The smallest absolute Gasteiger partial charge is 0.194 e. The largest absolute Gasteiger partial charge is 0.289 e. The van der Waals surface area contributed by atoms with Gasteiger partial charge in [0.1, 0.15) is 0 Å². The lowest BCUT2D eigenvalue weighted by atomic mass is 9.99. The summed E-state index contributed by atoms with van der Waals surface area (Å²) in [5.74, 6) is 0.119. The number of rotatable bonds is 2. The summed E-state index contributed by atoms with van der Waals surface area (Å²) in [5.41, 5.74) is 3.83. The summed E-state index contributed by atoms with van der Waals surface area (Å²) in [7, 11) is 0. The lowest BCUT2D eigenvalue weighted by Gasteiger charge is -2.04. The minimum Gasteiger partial charge on any atom is -0.289 e. The molecule has 0 saturated heterocycles. The van der Waals surface area contributed by atoms with E-state index in [2.05, 4.69) is 0 Å². The third kappa shape index (κ3) is 2.00. The molecule has 0 atom stereocenters. The van der Waals surface area contributed by atoms with Crippen molar-refractivity contribution < 1.29 is 4.79 Å². The van der Waals surface area contributed by atoms with Crippen LogP contribution in [0.5, 0.6) is 0 Å². The van der Waals surface area contributed by atoms with Crippen LogP contribution in [0, 0.1) is 13.8 Å². The molecule has 0 spiro atoms. The number of benzene rings is 1. The van der Waals surface area contributed by atoms with Crippen molar-refractivity contribution in [3.8, 4) is 0 Å². The van der Waals surface area contributed by atoms with E-state index < -0.39 is 0 Å². The second kappa shape index (κ2) is 3.99. The highest BCUT2D eigenvalue weighted by molar-refractivity contribution is 7.08. The maximum atomic E-state index is 12.0. The number of aryl methyl sites for hydroxylation is 2. The molecule has 0 radical (unpaired) electrons. The van der Waals surface area contributed by atoms with Gasteiger partial charge in [0.05, 0.1) is 0 Å². The number of ketones is 1. The van der Waals surface area contributed by atoms with Gasteiger partial charge in [0.15, 0.2) is 5.78 Å². The highest BCUT2D eigenvalue weighted by Gasteiger charge is 2.11. The van der Waals surface area contributed by atoms with Gasteiger partial charge in [-0.05, 0) is 30.9 Å². The highest BCUT2D eigenvalue weighted by Crippen LogP contribution is 2.17. The van der Waals surface area contributed by atoms with Gasteiger partial charge >= 0.3 is 0 Å². The van der Waals surface area contributed by atoms with Crippen LogP contribution < -0.4 is 0 Å². The quantitative estimate of drug-likeness (QED) is 0.701. The van der Waals surface area contributed by atoms with Crippen molar-refractivity contribution in [3.63, 3.8) is 0 Å². The standard InChI is InChI=1S/C13H12OS/c1-9-3-4-12(10(2)7-9)13(14)11-5-6-15-8-11/h3-8H,1-2H3. The Hall–Kier alpha value is -1.41. The predicted molar refractivity (Wildman–Crippen MR) is 63.7 cm³/mol. The summed E-state index contributed by atoms with van der Waals surface area (Å²) in [4.78, 5) is 12.0. The molecule has 0 unspecified atom stereocenters. The number of hydrogen-bond donors (Lipinski definition) is 0. The Bertz CT molecular complexity index is 483. The summed E-state index contributed by atoms with van der Waals surface area (Å²) in [6, 6.07) is 7.79. The lowest BCUT2D eigenvalue weighted by molar-refractivity contribution is 0.103. The Morgan fingerprint density at radius 3 is 2.60 bits per heavy atom. The molecule has 0 amide bonds. The Morgan fingerprint density at radius 2 is 2.00 bits per heavy atom.